The zero-order valence-electron chi connectivity index (χ0n) is 13.4. The lowest BCUT2D eigenvalue weighted by molar-refractivity contribution is -0.150. The number of phenols is 1. The van der Waals surface area contributed by atoms with Gasteiger partial charge in [-0.3, -0.25) is 19.3 Å². The summed E-state index contributed by atoms with van der Waals surface area (Å²) in [6, 6.07) is 3.42. The molecule has 1 atom stereocenters. The molecule has 0 unspecified atom stereocenters. The van der Waals surface area contributed by atoms with Crippen LogP contribution >= 0.6 is 56.9 Å². The van der Waals surface area contributed by atoms with Crippen molar-refractivity contribution in [1.82, 2.24) is 4.90 Å². The van der Waals surface area contributed by atoms with Crippen LogP contribution in [0.3, 0.4) is 0 Å². The number of halogens is 2. The molecule has 2 amide bonds. The third-order valence-corrected chi connectivity index (χ3v) is 5.96. The van der Waals surface area contributed by atoms with Gasteiger partial charge < -0.3 is 9.84 Å². The smallest absolute Gasteiger partial charge is 0.326 e. The molecule has 0 bridgehead atoms. The van der Waals surface area contributed by atoms with Crippen LogP contribution in [0, 0.1) is 7.14 Å². The number of aromatic hydroxyl groups is 1. The number of phenolic OH excluding ortho intramolecular Hbond substituents is 1. The predicted molar refractivity (Wildman–Crippen MR) is 112 cm³/mol. The summed E-state index contributed by atoms with van der Waals surface area (Å²) in [5, 5.41) is 9.30. The third kappa shape index (κ3) is 5.09. The van der Waals surface area contributed by atoms with Gasteiger partial charge in [0.1, 0.15) is 12.3 Å². The van der Waals surface area contributed by atoms with E-state index in [0.29, 0.717) is 19.1 Å². The Morgan fingerprint density at radius 1 is 1.36 bits per heavy atom. The fraction of sp³-hybridized carbons (Fsp3) is 0.312. The minimum atomic E-state index is -0.605. The van der Waals surface area contributed by atoms with Crippen molar-refractivity contribution in [1.29, 1.82) is 0 Å². The molecule has 2 rings (SSSR count). The average molecular weight is 587 g/mol. The minimum Gasteiger partial charge on any atom is -0.506 e. The first-order valence-electron chi connectivity index (χ1n) is 7.35. The van der Waals surface area contributed by atoms with Crippen LogP contribution in [-0.4, -0.2) is 39.8 Å². The zero-order valence-corrected chi connectivity index (χ0v) is 18.5. The number of rotatable bonds is 5. The van der Waals surface area contributed by atoms with E-state index in [1.165, 1.54) is 0 Å². The van der Waals surface area contributed by atoms with Crippen LogP contribution in [0.5, 0.6) is 5.75 Å². The maximum absolute atomic E-state index is 12.4. The van der Waals surface area contributed by atoms with E-state index in [2.05, 4.69) is 0 Å². The lowest BCUT2D eigenvalue weighted by Crippen LogP contribution is -2.35. The fourth-order valence-corrected chi connectivity index (χ4v) is 4.58. The summed E-state index contributed by atoms with van der Waals surface area (Å²) in [7, 11) is 0. The second-order valence-electron chi connectivity index (χ2n) is 5.31. The highest BCUT2D eigenvalue weighted by atomic mass is 127. The van der Waals surface area contributed by atoms with Crippen molar-refractivity contribution < 1.29 is 24.2 Å². The largest absolute Gasteiger partial charge is 0.506 e. The summed E-state index contributed by atoms with van der Waals surface area (Å²) in [4.78, 5) is 37.4. The number of esters is 1. The molecule has 1 aliphatic rings. The van der Waals surface area contributed by atoms with Gasteiger partial charge in [-0.2, -0.15) is 0 Å². The van der Waals surface area contributed by atoms with E-state index >= 15 is 0 Å². The van der Waals surface area contributed by atoms with E-state index in [0.717, 1.165) is 16.7 Å². The van der Waals surface area contributed by atoms with Gasteiger partial charge in [0.15, 0.2) is 0 Å². The van der Waals surface area contributed by atoms with Crippen LogP contribution in [0.2, 0.25) is 0 Å². The fourth-order valence-electron chi connectivity index (χ4n) is 1.93. The highest BCUT2D eigenvalue weighted by Gasteiger charge is 2.36. The van der Waals surface area contributed by atoms with Crippen molar-refractivity contribution >= 4 is 80.1 Å². The zero-order chi connectivity index (χ0) is 18.7. The van der Waals surface area contributed by atoms with Crippen LogP contribution in [0.25, 0.3) is 6.08 Å². The average Bonchev–Trinajstić information content (AvgIpc) is 2.79. The van der Waals surface area contributed by atoms with Gasteiger partial charge in [0.2, 0.25) is 0 Å². The number of thioether (sulfide) groups is 1. The SMILES string of the molecule is CC[C@@H](C)OC(=O)CN1C(=O)S/C(=C/c2cc(I)c(O)c(I)c2)C1=O. The molecule has 1 aromatic rings. The summed E-state index contributed by atoms with van der Waals surface area (Å²) >= 11 is 4.77. The summed E-state index contributed by atoms with van der Waals surface area (Å²) in [5.74, 6) is -0.944. The molecule has 1 aliphatic heterocycles. The molecule has 1 saturated heterocycles. The molecule has 0 radical (unpaired) electrons. The highest BCUT2D eigenvalue weighted by molar-refractivity contribution is 14.1. The molecular formula is C16H15I2NO5S. The van der Waals surface area contributed by atoms with E-state index in [4.69, 9.17) is 4.74 Å². The normalized spacial score (nSPS) is 17.3. The molecule has 9 heteroatoms. The van der Waals surface area contributed by atoms with Crippen molar-refractivity contribution in [3.05, 3.63) is 29.7 Å². The lowest BCUT2D eigenvalue weighted by atomic mass is 10.2. The maximum Gasteiger partial charge on any atom is 0.326 e. The Morgan fingerprint density at radius 3 is 2.52 bits per heavy atom. The summed E-state index contributed by atoms with van der Waals surface area (Å²) in [6.07, 6.45) is 1.98. The number of amides is 2. The van der Waals surface area contributed by atoms with Crippen LogP contribution in [0.1, 0.15) is 25.8 Å². The van der Waals surface area contributed by atoms with Gasteiger partial charge in [-0.05, 0) is 94.1 Å². The van der Waals surface area contributed by atoms with Crippen LogP contribution < -0.4 is 0 Å². The van der Waals surface area contributed by atoms with Crippen molar-refractivity contribution in [2.45, 2.75) is 26.4 Å². The molecule has 0 aliphatic carbocycles. The summed E-state index contributed by atoms with van der Waals surface area (Å²) < 4.78 is 6.40. The molecule has 6 nitrogen and oxygen atoms in total. The van der Waals surface area contributed by atoms with Crippen LogP contribution in [0.15, 0.2) is 17.0 Å². The van der Waals surface area contributed by atoms with Crippen molar-refractivity contribution in [3.63, 3.8) is 0 Å². The molecular weight excluding hydrogens is 572 g/mol. The first kappa shape index (κ1) is 20.5. The number of benzene rings is 1. The van der Waals surface area contributed by atoms with Gasteiger partial charge in [-0.1, -0.05) is 6.92 Å². The van der Waals surface area contributed by atoms with Crippen molar-refractivity contribution in [2.24, 2.45) is 0 Å². The van der Waals surface area contributed by atoms with Gasteiger partial charge in [0.05, 0.1) is 18.1 Å². The number of hydrogen-bond donors (Lipinski definition) is 1. The molecule has 1 fully saturated rings. The molecule has 0 saturated carbocycles. The first-order chi connectivity index (χ1) is 11.7. The molecule has 0 spiro atoms. The molecule has 1 aromatic carbocycles. The number of hydrogen-bond acceptors (Lipinski definition) is 6. The van der Waals surface area contributed by atoms with Crippen molar-refractivity contribution in [2.75, 3.05) is 6.54 Å². The third-order valence-electron chi connectivity index (χ3n) is 3.41. The molecule has 1 heterocycles. The quantitative estimate of drug-likeness (QED) is 0.319. The highest BCUT2D eigenvalue weighted by Crippen LogP contribution is 2.34. The van der Waals surface area contributed by atoms with Crippen molar-refractivity contribution in [3.8, 4) is 5.75 Å². The maximum atomic E-state index is 12.4. The topological polar surface area (TPSA) is 83.9 Å². The number of imide groups is 1. The number of ether oxygens (including phenoxy) is 1. The van der Waals surface area contributed by atoms with E-state index in [-0.39, 0.29) is 16.8 Å². The molecule has 1 N–H and O–H groups in total. The van der Waals surface area contributed by atoms with E-state index in [9.17, 15) is 19.5 Å². The van der Waals surface area contributed by atoms with Gasteiger partial charge in [-0.15, -0.1) is 0 Å². The Balaban J connectivity index is 2.16. The van der Waals surface area contributed by atoms with E-state index in [1.54, 1.807) is 25.1 Å². The van der Waals surface area contributed by atoms with Crippen LogP contribution in [0.4, 0.5) is 4.79 Å². The number of nitrogens with zero attached hydrogens (tertiary/aromatic N) is 1. The predicted octanol–water partition coefficient (Wildman–Crippen LogP) is 3.98. The van der Waals surface area contributed by atoms with Crippen LogP contribution in [-0.2, 0) is 14.3 Å². The summed E-state index contributed by atoms with van der Waals surface area (Å²) in [6.45, 7) is 3.23. The molecule has 25 heavy (non-hydrogen) atoms. The second-order valence-corrected chi connectivity index (χ2v) is 8.63. The Kier molecular flexibility index (Phi) is 7.14. The van der Waals surface area contributed by atoms with Gasteiger partial charge in [0.25, 0.3) is 11.1 Å². The number of carbonyl (C=O) groups is 3. The Hall–Kier alpha value is -0.820. The first-order valence-corrected chi connectivity index (χ1v) is 10.3. The molecule has 0 aromatic heterocycles. The lowest BCUT2D eigenvalue weighted by Gasteiger charge is -2.14. The molecule has 134 valence electrons. The van der Waals surface area contributed by atoms with E-state index in [1.807, 2.05) is 52.1 Å². The number of carbonyl (C=O) groups excluding carboxylic acids is 3. The Labute approximate surface area is 176 Å². The monoisotopic (exact) mass is 587 g/mol. The van der Waals surface area contributed by atoms with Gasteiger partial charge in [0, 0.05) is 0 Å². The summed E-state index contributed by atoms with van der Waals surface area (Å²) in [5.41, 5.74) is 0.694. The standard InChI is InChI=1S/C16H15I2NO5S/c1-3-8(2)24-13(20)7-19-15(22)12(25-16(19)23)6-9-4-10(17)14(21)11(18)5-9/h4-6,8,21H,3,7H2,1-2H3/b12-6+/t8-/m1/s1. The minimum absolute atomic E-state index is 0.180. The van der Waals surface area contributed by atoms with E-state index < -0.39 is 23.7 Å². The van der Waals surface area contributed by atoms with Gasteiger partial charge in [-0.25, -0.2) is 0 Å². The Morgan fingerprint density at radius 2 is 1.96 bits per heavy atom. The van der Waals surface area contributed by atoms with Gasteiger partial charge >= 0.3 is 5.97 Å². The Bertz CT molecular complexity index is 742. The second kappa shape index (κ2) is 8.71.